The monoisotopic (exact) mass is 317 g/mol. The molecule has 0 atom stereocenters. The molecule has 0 bridgehead atoms. The van der Waals surface area contributed by atoms with Gasteiger partial charge in [0.2, 0.25) is 5.13 Å². The van der Waals surface area contributed by atoms with E-state index in [2.05, 4.69) is 31.4 Å². The van der Waals surface area contributed by atoms with Crippen LogP contribution in [-0.2, 0) is 6.42 Å². The molecule has 0 saturated carbocycles. The van der Waals surface area contributed by atoms with Gasteiger partial charge in [-0.25, -0.2) is 0 Å². The Bertz CT molecular complexity index is 457. The van der Waals surface area contributed by atoms with Gasteiger partial charge < -0.3 is 5.32 Å². The molecule has 0 fully saturated rings. The molecule has 1 N–H and O–H groups in total. The summed E-state index contributed by atoms with van der Waals surface area (Å²) in [5.74, 6) is 0. The summed E-state index contributed by atoms with van der Waals surface area (Å²) in [5.41, 5.74) is 1.25. The van der Waals surface area contributed by atoms with Gasteiger partial charge in [-0.1, -0.05) is 35.1 Å². The van der Waals surface area contributed by atoms with Crippen LogP contribution in [0, 0.1) is 0 Å². The van der Waals surface area contributed by atoms with Gasteiger partial charge in [0, 0.05) is 11.6 Å². The zero-order valence-corrected chi connectivity index (χ0v) is 11.4. The van der Waals surface area contributed by atoms with Gasteiger partial charge >= 0.3 is 0 Å². The lowest BCUT2D eigenvalue weighted by Gasteiger charge is -2.02. The Morgan fingerprint density at radius 2 is 2.00 bits per heavy atom. The predicted molar refractivity (Wildman–Crippen MR) is 71.3 cm³/mol. The lowest BCUT2D eigenvalue weighted by Crippen LogP contribution is -2.04. The molecular formula is C10H9BrClN3S. The summed E-state index contributed by atoms with van der Waals surface area (Å²) in [4.78, 5) is 0. The Morgan fingerprint density at radius 1 is 1.25 bits per heavy atom. The van der Waals surface area contributed by atoms with E-state index in [0.29, 0.717) is 0 Å². The Hall–Kier alpha value is -0.650. The minimum atomic E-state index is 0.768. The minimum absolute atomic E-state index is 0.768. The second-order valence-corrected chi connectivity index (χ2v) is 5.85. The Morgan fingerprint density at radius 3 is 2.62 bits per heavy atom. The molecule has 0 unspecified atom stereocenters. The minimum Gasteiger partial charge on any atom is -0.360 e. The third-order valence-electron chi connectivity index (χ3n) is 2.00. The molecule has 1 aromatic carbocycles. The molecule has 0 amide bonds. The molecule has 0 aliphatic rings. The summed E-state index contributed by atoms with van der Waals surface area (Å²) < 4.78 is 0.793. The molecule has 6 heteroatoms. The van der Waals surface area contributed by atoms with E-state index in [1.54, 1.807) is 0 Å². The van der Waals surface area contributed by atoms with Crippen LogP contribution in [0.15, 0.2) is 28.2 Å². The van der Waals surface area contributed by atoms with Gasteiger partial charge in [0.05, 0.1) is 0 Å². The van der Waals surface area contributed by atoms with E-state index in [-0.39, 0.29) is 0 Å². The SMILES string of the molecule is Clc1ccc(CCNc2nnc(Br)s2)cc1. The van der Waals surface area contributed by atoms with Crippen LogP contribution in [0.4, 0.5) is 5.13 Å². The van der Waals surface area contributed by atoms with Crippen LogP contribution in [0.2, 0.25) is 5.02 Å². The molecule has 84 valence electrons. The molecule has 0 spiro atoms. The molecule has 2 aromatic rings. The fraction of sp³-hybridized carbons (Fsp3) is 0.200. The number of halogens is 2. The second kappa shape index (κ2) is 5.61. The van der Waals surface area contributed by atoms with Gasteiger partial charge in [0.1, 0.15) is 0 Å². The summed E-state index contributed by atoms with van der Waals surface area (Å²) >= 11 is 10.6. The lowest BCUT2D eigenvalue weighted by molar-refractivity contribution is 0.991. The van der Waals surface area contributed by atoms with Crippen molar-refractivity contribution in [2.24, 2.45) is 0 Å². The number of hydrogen-bond acceptors (Lipinski definition) is 4. The van der Waals surface area contributed by atoms with E-state index in [9.17, 15) is 0 Å². The molecule has 16 heavy (non-hydrogen) atoms. The van der Waals surface area contributed by atoms with E-state index < -0.39 is 0 Å². The van der Waals surface area contributed by atoms with Crippen LogP contribution < -0.4 is 5.32 Å². The van der Waals surface area contributed by atoms with Crippen molar-refractivity contribution in [3.8, 4) is 0 Å². The first kappa shape index (κ1) is 11.8. The van der Waals surface area contributed by atoms with E-state index in [0.717, 1.165) is 27.0 Å². The fourth-order valence-corrected chi connectivity index (χ4v) is 2.40. The van der Waals surface area contributed by atoms with Crippen LogP contribution in [0.25, 0.3) is 0 Å². The quantitative estimate of drug-likeness (QED) is 0.936. The average molecular weight is 319 g/mol. The number of nitrogens with one attached hydrogen (secondary N) is 1. The van der Waals surface area contributed by atoms with E-state index in [4.69, 9.17) is 11.6 Å². The highest BCUT2D eigenvalue weighted by atomic mass is 79.9. The highest BCUT2D eigenvalue weighted by molar-refractivity contribution is 9.11. The second-order valence-electron chi connectivity index (χ2n) is 3.16. The highest BCUT2D eigenvalue weighted by Gasteiger charge is 2.00. The molecule has 0 saturated heterocycles. The van der Waals surface area contributed by atoms with Crippen molar-refractivity contribution in [2.45, 2.75) is 6.42 Å². The van der Waals surface area contributed by atoms with Crippen LogP contribution >= 0.6 is 38.9 Å². The van der Waals surface area contributed by atoms with Gasteiger partial charge in [0.25, 0.3) is 0 Å². The van der Waals surface area contributed by atoms with E-state index in [1.807, 2.05) is 24.3 Å². The van der Waals surface area contributed by atoms with Gasteiger partial charge in [-0.05, 0) is 40.0 Å². The smallest absolute Gasteiger partial charge is 0.206 e. The Labute approximate surface area is 111 Å². The first-order valence-electron chi connectivity index (χ1n) is 4.71. The maximum absolute atomic E-state index is 5.81. The van der Waals surface area contributed by atoms with Crippen LogP contribution in [0.5, 0.6) is 0 Å². The lowest BCUT2D eigenvalue weighted by atomic mass is 10.1. The largest absolute Gasteiger partial charge is 0.360 e. The summed E-state index contributed by atoms with van der Waals surface area (Å²) in [6, 6.07) is 7.86. The number of aromatic nitrogens is 2. The first-order chi connectivity index (χ1) is 7.74. The van der Waals surface area contributed by atoms with Gasteiger partial charge in [-0.2, -0.15) is 0 Å². The molecule has 0 aliphatic carbocycles. The van der Waals surface area contributed by atoms with Crippen molar-refractivity contribution < 1.29 is 0 Å². The van der Waals surface area contributed by atoms with E-state index in [1.165, 1.54) is 16.9 Å². The summed E-state index contributed by atoms with van der Waals surface area (Å²) in [7, 11) is 0. The topological polar surface area (TPSA) is 37.8 Å². The predicted octanol–water partition coefficient (Wildman–Crippen LogP) is 3.61. The number of rotatable bonds is 4. The van der Waals surface area contributed by atoms with Crippen molar-refractivity contribution in [2.75, 3.05) is 11.9 Å². The van der Waals surface area contributed by atoms with E-state index >= 15 is 0 Å². The summed E-state index contributed by atoms with van der Waals surface area (Å²) in [6.45, 7) is 0.837. The van der Waals surface area contributed by atoms with Crippen molar-refractivity contribution in [3.05, 3.63) is 38.8 Å². The molecule has 1 heterocycles. The molecule has 0 aliphatic heterocycles. The Balaban J connectivity index is 1.82. The number of anilines is 1. The third-order valence-corrected chi connectivity index (χ3v) is 3.57. The van der Waals surface area contributed by atoms with Crippen molar-refractivity contribution in [1.29, 1.82) is 0 Å². The standard InChI is InChI=1S/C10H9BrClN3S/c11-9-14-15-10(16-9)13-6-5-7-1-3-8(12)4-2-7/h1-4H,5-6H2,(H,13,15). The van der Waals surface area contributed by atoms with Crippen molar-refractivity contribution in [3.63, 3.8) is 0 Å². The number of nitrogens with zero attached hydrogens (tertiary/aromatic N) is 2. The van der Waals surface area contributed by atoms with Gasteiger partial charge in [0.15, 0.2) is 3.92 Å². The van der Waals surface area contributed by atoms with Crippen LogP contribution in [-0.4, -0.2) is 16.7 Å². The van der Waals surface area contributed by atoms with Crippen LogP contribution in [0.3, 0.4) is 0 Å². The maximum atomic E-state index is 5.81. The fourth-order valence-electron chi connectivity index (χ4n) is 1.24. The maximum Gasteiger partial charge on any atom is 0.206 e. The average Bonchev–Trinajstić information content (AvgIpc) is 2.67. The summed E-state index contributed by atoms with van der Waals surface area (Å²) in [6.07, 6.45) is 0.939. The highest BCUT2D eigenvalue weighted by Crippen LogP contribution is 2.19. The normalized spacial score (nSPS) is 10.4. The first-order valence-corrected chi connectivity index (χ1v) is 6.70. The third kappa shape index (κ3) is 3.43. The molecule has 2 rings (SSSR count). The molecular weight excluding hydrogens is 310 g/mol. The number of hydrogen-bond donors (Lipinski definition) is 1. The molecule has 3 nitrogen and oxygen atoms in total. The Kier molecular flexibility index (Phi) is 4.15. The van der Waals surface area contributed by atoms with Crippen LogP contribution in [0.1, 0.15) is 5.56 Å². The van der Waals surface area contributed by atoms with Gasteiger partial charge in [-0.15, -0.1) is 10.2 Å². The number of benzene rings is 1. The zero-order chi connectivity index (χ0) is 11.4. The van der Waals surface area contributed by atoms with Crippen molar-refractivity contribution >= 4 is 44.0 Å². The van der Waals surface area contributed by atoms with Gasteiger partial charge in [-0.3, -0.25) is 0 Å². The molecule has 1 aromatic heterocycles. The summed E-state index contributed by atoms with van der Waals surface area (Å²) in [5, 5.41) is 12.6. The van der Waals surface area contributed by atoms with Crippen molar-refractivity contribution in [1.82, 2.24) is 10.2 Å². The molecule has 0 radical (unpaired) electrons. The zero-order valence-electron chi connectivity index (χ0n) is 8.28.